The Morgan fingerprint density at radius 1 is 1.45 bits per heavy atom. The number of benzene rings is 1. The van der Waals surface area contributed by atoms with Crippen LogP contribution in [0.4, 0.5) is 5.69 Å². The van der Waals surface area contributed by atoms with Crippen molar-refractivity contribution in [1.82, 2.24) is 4.72 Å². The summed E-state index contributed by atoms with van der Waals surface area (Å²) in [6.45, 7) is 5.42. The van der Waals surface area contributed by atoms with E-state index in [0.717, 1.165) is 27.0 Å². The van der Waals surface area contributed by atoms with E-state index in [9.17, 15) is 14.7 Å². The van der Waals surface area contributed by atoms with Crippen LogP contribution in [0, 0.1) is 0 Å². The lowest BCUT2D eigenvalue weighted by molar-refractivity contribution is -0.123. The van der Waals surface area contributed by atoms with E-state index in [1.54, 1.807) is 25.7 Å². The molecule has 2 N–H and O–H groups in total. The zero-order valence-electron chi connectivity index (χ0n) is 12.8. The SMILES string of the molecule is CC(=O)N1CCc2cc(Br)c(SNC(=O)CC(C)(C)O)cc21. The highest BCUT2D eigenvalue weighted by Gasteiger charge is 2.24. The number of carbonyl (C=O) groups excluding carboxylic acids is 2. The topological polar surface area (TPSA) is 69.6 Å². The first kappa shape index (κ1) is 17.3. The Morgan fingerprint density at radius 3 is 2.73 bits per heavy atom. The first-order chi connectivity index (χ1) is 10.2. The van der Waals surface area contributed by atoms with E-state index in [1.165, 1.54) is 11.9 Å². The third-order valence-electron chi connectivity index (χ3n) is 3.28. The second kappa shape index (κ2) is 6.60. The molecule has 0 aliphatic carbocycles. The van der Waals surface area contributed by atoms with Gasteiger partial charge >= 0.3 is 0 Å². The van der Waals surface area contributed by atoms with Crippen molar-refractivity contribution in [2.24, 2.45) is 0 Å². The smallest absolute Gasteiger partial charge is 0.232 e. The van der Waals surface area contributed by atoms with E-state index in [1.807, 2.05) is 12.1 Å². The van der Waals surface area contributed by atoms with Crippen LogP contribution in [0.25, 0.3) is 0 Å². The molecule has 0 atom stereocenters. The predicted octanol–water partition coefficient (Wildman–Crippen LogP) is 2.64. The van der Waals surface area contributed by atoms with Crippen molar-refractivity contribution in [2.45, 2.75) is 44.1 Å². The van der Waals surface area contributed by atoms with E-state index < -0.39 is 5.60 Å². The van der Waals surface area contributed by atoms with E-state index in [2.05, 4.69) is 20.7 Å². The predicted molar refractivity (Wildman–Crippen MR) is 90.8 cm³/mol. The molecule has 0 aromatic heterocycles. The quantitative estimate of drug-likeness (QED) is 0.780. The third kappa shape index (κ3) is 4.24. The van der Waals surface area contributed by atoms with E-state index >= 15 is 0 Å². The minimum Gasteiger partial charge on any atom is -0.390 e. The number of amides is 2. The van der Waals surface area contributed by atoms with Crippen LogP contribution in [0.2, 0.25) is 0 Å². The maximum absolute atomic E-state index is 11.8. The Hall–Kier alpha value is -1.05. The first-order valence-corrected chi connectivity index (χ1v) is 8.57. The zero-order valence-corrected chi connectivity index (χ0v) is 15.2. The van der Waals surface area contributed by atoms with Gasteiger partial charge in [0.1, 0.15) is 0 Å². The molecule has 0 bridgehead atoms. The normalized spacial score (nSPS) is 14.0. The number of anilines is 1. The van der Waals surface area contributed by atoms with Gasteiger partial charge in [0.25, 0.3) is 0 Å². The summed E-state index contributed by atoms with van der Waals surface area (Å²) in [6, 6.07) is 3.89. The molecule has 0 radical (unpaired) electrons. The number of aliphatic hydroxyl groups is 1. The molecular weight excluding hydrogens is 368 g/mol. The number of hydrogen-bond donors (Lipinski definition) is 2. The van der Waals surface area contributed by atoms with Crippen molar-refractivity contribution >= 4 is 45.4 Å². The molecular formula is C15H19BrN2O3S. The molecule has 120 valence electrons. The molecule has 1 aliphatic rings. The summed E-state index contributed by atoms with van der Waals surface area (Å²) in [4.78, 5) is 26.0. The number of carbonyl (C=O) groups is 2. The fourth-order valence-electron chi connectivity index (χ4n) is 2.33. The number of rotatable bonds is 4. The van der Waals surface area contributed by atoms with Gasteiger partial charge in [-0.05, 0) is 65.8 Å². The van der Waals surface area contributed by atoms with Crippen molar-refractivity contribution in [1.29, 1.82) is 0 Å². The molecule has 0 fully saturated rings. The molecule has 0 spiro atoms. The van der Waals surface area contributed by atoms with Crippen molar-refractivity contribution in [2.75, 3.05) is 11.4 Å². The molecule has 2 amide bonds. The average molecular weight is 387 g/mol. The molecule has 0 saturated heterocycles. The summed E-state index contributed by atoms with van der Waals surface area (Å²) >= 11 is 4.67. The van der Waals surface area contributed by atoms with E-state index in [-0.39, 0.29) is 18.2 Å². The van der Waals surface area contributed by atoms with Crippen molar-refractivity contribution in [3.63, 3.8) is 0 Å². The number of fused-ring (bicyclic) bond motifs is 1. The van der Waals surface area contributed by atoms with Crippen molar-refractivity contribution in [3.05, 3.63) is 22.2 Å². The van der Waals surface area contributed by atoms with Crippen LogP contribution < -0.4 is 9.62 Å². The Labute approximate surface area is 142 Å². The fraction of sp³-hybridized carbons (Fsp3) is 0.467. The zero-order chi connectivity index (χ0) is 16.5. The lowest BCUT2D eigenvalue weighted by Gasteiger charge is -2.17. The number of hydrogen-bond acceptors (Lipinski definition) is 4. The monoisotopic (exact) mass is 386 g/mol. The summed E-state index contributed by atoms with van der Waals surface area (Å²) in [7, 11) is 0. The van der Waals surface area contributed by atoms with Crippen molar-refractivity contribution < 1.29 is 14.7 Å². The molecule has 1 aliphatic heterocycles. The molecule has 1 aromatic carbocycles. The summed E-state index contributed by atoms with van der Waals surface area (Å²) in [5.74, 6) is -0.226. The van der Waals surface area contributed by atoms with Gasteiger partial charge in [0.05, 0.1) is 12.0 Å². The van der Waals surface area contributed by atoms with Gasteiger partial charge in [0.15, 0.2) is 0 Å². The van der Waals surface area contributed by atoms with Crippen LogP contribution in [0.1, 0.15) is 32.8 Å². The molecule has 7 heteroatoms. The van der Waals surface area contributed by atoms with E-state index in [4.69, 9.17) is 0 Å². The number of halogens is 1. The standard InChI is InChI=1S/C15H19BrN2O3S/c1-9(19)18-5-4-10-6-11(16)13(7-12(10)18)22-17-14(20)8-15(2,3)21/h6-7,21H,4-5,8H2,1-3H3,(H,17,20). The minimum absolute atomic E-state index is 0.0167. The van der Waals surface area contributed by atoms with Gasteiger partial charge in [0, 0.05) is 28.5 Å². The summed E-state index contributed by atoms with van der Waals surface area (Å²) in [5.41, 5.74) is 0.981. The first-order valence-electron chi connectivity index (χ1n) is 6.96. The second-order valence-corrected chi connectivity index (χ2v) is 7.65. The van der Waals surface area contributed by atoms with Crippen LogP contribution in [0.3, 0.4) is 0 Å². The summed E-state index contributed by atoms with van der Waals surface area (Å²) in [5, 5.41) is 9.64. The van der Waals surface area contributed by atoms with Crippen LogP contribution in [-0.4, -0.2) is 29.1 Å². The average Bonchev–Trinajstić information content (AvgIpc) is 2.76. The van der Waals surface area contributed by atoms with Gasteiger partial charge < -0.3 is 10.0 Å². The van der Waals surface area contributed by atoms with Gasteiger partial charge in [-0.2, -0.15) is 0 Å². The Kier molecular flexibility index (Phi) is 5.19. The van der Waals surface area contributed by atoms with Gasteiger partial charge in [-0.1, -0.05) is 0 Å². The Bertz CT molecular complexity index is 614. The highest BCUT2D eigenvalue weighted by molar-refractivity contribution is 9.10. The highest BCUT2D eigenvalue weighted by atomic mass is 79.9. The molecule has 1 aromatic rings. The van der Waals surface area contributed by atoms with E-state index in [0.29, 0.717) is 6.54 Å². The largest absolute Gasteiger partial charge is 0.390 e. The molecule has 2 rings (SSSR count). The minimum atomic E-state index is -1.04. The molecule has 1 heterocycles. The molecule has 0 unspecified atom stereocenters. The Balaban J connectivity index is 2.11. The van der Waals surface area contributed by atoms with Crippen LogP contribution in [0.5, 0.6) is 0 Å². The third-order valence-corrected chi connectivity index (χ3v) is 5.08. The molecule has 5 nitrogen and oxygen atoms in total. The second-order valence-electron chi connectivity index (χ2n) is 5.95. The van der Waals surface area contributed by atoms with Crippen LogP contribution >= 0.6 is 27.9 Å². The maximum atomic E-state index is 11.8. The van der Waals surface area contributed by atoms with Crippen LogP contribution in [0.15, 0.2) is 21.5 Å². The lowest BCUT2D eigenvalue weighted by Crippen LogP contribution is -2.28. The van der Waals surface area contributed by atoms with Gasteiger partial charge in [-0.25, -0.2) is 0 Å². The number of nitrogens with one attached hydrogen (secondary N) is 1. The van der Waals surface area contributed by atoms with Gasteiger partial charge in [-0.3, -0.25) is 14.3 Å². The summed E-state index contributed by atoms with van der Waals surface area (Å²) < 4.78 is 3.60. The van der Waals surface area contributed by atoms with Gasteiger partial charge in [-0.15, -0.1) is 0 Å². The fourth-order valence-corrected chi connectivity index (χ4v) is 3.59. The highest BCUT2D eigenvalue weighted by Crippen LogP contribution is 2.37. The van der Waals surface area contributed by atoms with Crippen LogP contribution in [-0.2, 0) is 16.0 Å². The number of nitrogens with zero attached hydrogens (tertiary/aromatic N) is 1. The molecule has 22 heavy (non-hydrogen) atoms. The van der Waals surface area contributed by atoms with Gasteiger partial charge in [0.2, 0.25) is 11.8 Å². The lowest BCUT2D eigenvalue weighted by atomic mass is 10.1. The maximum Gasteiger partial charge on any atom is 0.232 e. The summed E-state index contributed by atoms with van der Waals surface area (Å²) in [6.07, 6.45) is 0.867. The molecule has 0 saturated carbocycles. The Morgan fingerprint density at radius 2 is 2.14 bits per heavy atom. The van der Waals surface area contributed by atoms with Crippen molar-refractivity contribution in [3.8, 4) is 0 Å².